The Hall–Kier alpha value is -1.25. The molecule has 0 bridgehead atoms. The van der Waals surface area contributed by atoms with Crippen molar-refractivity contribution in [1.82, 2.24) is 5.32 Å². The van der Waals surface area contributed by atoms with Gasteiger partial charge in [0, 0.05) is 5.02 Å². The minimum Gasteiger partial charge on any atom is -0.468 e. The topological polar surface area (TPSA) is 25.2 Å². The first kappa shape index (κ1) is 11.2. The van der Waals surface area contributed by atoms with Crippen molar-refractivity contribution in [3.8, 4) is 0 Å². The van der Waals surface area contributed by atoms with E-state index in [1.807, 2.05) is 30.3 Å². The van der Waals surface area contributed by atoms with Crippen LogP contribution < -0.4 is 5.32 Å². The standard InChI is InChI=1S/C13H14ClNO/c14-12-4-1-3-11(9-12)6-7-15-10-13-5-2-8-16-13/h1-5,8-9,15H,6-7,10H2. The van der Waals surface area contributed by atoms with Crippen molar-refractivity contribution in [1.29, 1.82) is 0 Å². The summed E-state index contributed by atoms with van der Waals surface area (Å²) in [5, 5.41) is 4.11. The molecule has 1 heterocycles. The molecule has 2 nitrogen and oxygen atoms in total. The summed E-state index contributed by atoms with van der Waals surface area (Å²) in [6.45, 7) is 1.69. The third kappa shape index (κ3) is 3.40. The van der Waals surface area contributed by atoms with Crippen LogP contribution in [0.1, 0.15) is 11.3 Å². The summed E-state index contributed by atoms with van der Waals surface area (Å²) in [5.74, 6) is 0.964. The van der Waals surface area contributed by atoms with Gasteiger partial charge in [-0.25, -0.2) is 0 Å². The molecule has 0 aliphatic carbocycles. The summed E-state index contributed by atoms with van der Waals surface area (Å²) >= 11 is 5.90. The van der Waals surface area contributed by atoms with Gasteiger partial charge in [-0.2, -0.15) is 0 Å². The maximum atomic E-state index is 5.90. The summed E-state index contributed by atoms with van der Waals surface area (Å²) in [6.07, 6.45) is 2.66. The molecule has 3 heteroatoms. The molecule has 84 valence electrons. The van der Waals surface area contributed by atoms with Gasteiger partial charge >= 0.3 is 0 Å². The molecule has 0 saturated heterocycles. The van der Waals surface area contributed by atoms with Crippen LogP contribution in [-0.4, -0.2) is 6.54 Å². The molecule has 0 aliphatic rings. The van der Waals surface area contributed by atoms with E-state index in [1.165, 1.54) is 5.56 Å². The molecule has 0 unspecified atom stereocenters. The van der Waals surface area contributed by atoms with Crippen LogP contribution in [0.2, 0.25) is 5.02 Å². The molecule has 0 saturated carbocycles. The van der Waals surface area contributed by atoms with Crippen LogP contribution in [0.25, 0.3) is 0 Å². The highest BCUT2D eigenvalue weighted by Gasteiger charge is 1.96. The lowest BCUT2D eigenvalue weighted by molar-refractivity contribution is 0.484. The third-order valence-corrected chi connectivity index (χ3v) is 2.59. The predicted octanol–water partition coefficient (Wildman–Crippen LogP) is 3.27. The molecule has 2 rings (SSSR count). The zero-order valence-corrected chi connectivity index (χ0v) is 9.70. The molecular formula is C13H14ClNO. The summed E-state index contributed by atoms with van der Waals surface area (Å²) < 4.78 is 5.22. The fourth-order valence-corrected chi connectivity index (χ4v) is 1.76. The maximum absolute atomic E-state index is 5.90. The molecule has 1 aromatic heterocycles. The molecular weight excluding hydrogens is 222 g/mol. The Kier molecular flexibility index (Phi) is 4.03. The van der Waals surface area contributed by atoms with E-state index < -0.39 is 0 Å². The summed E-state index contributed by atoms with van der Waals surface area (Å²) in [7, 11) is 0. The Morgan fingerprint density at radius 2 is 2.12 bits per heavy atom. The largest absolute Gasteiger partial charge is 0.468 e. The summed E-state index contributed by atoms with van der Waals surface area (Å²) in [5.41, 5.74) is 1.25. The van der Waals surface area contributed by atoms with Crippen LogP contribution in [-0.2, 0) is 13.0 Å². The normalized spacial score (nSPS) is 10.6. The smallest absolute Gasteiger partial charge is 0.117 e. The van der Waals surface area contributed by atoms with Gasteiger partial charge in [0.25, 0.3) is 0 Å². The number of halogens is 1. The van der Waals surface area contributed by atoms with Gasteiger partial charge in [0.05, 0.1) is 12.8 Å². The zero-order chi connectivity index (χ0) is 11.2. The van der Waals surface area contributed by atoms with E-state index in [1.54, 1.807) is 6.26 Å². The fourth-order valence-electron chi connectivity index (χ4n) is 1.55. The lowest BCUT2D eigenvalue weighted by Gasteiger charge is -2.03. The highest BCUT2D eigenvalue weighted by molar-refractivity contribution is 6.30. The van der Waals surface area contributed by atoms with Gasteiger partial charge in [0.1, 0.15) is 5.76 Å². The van der Waals surface area contributed by atoms with Gasteiger partial charge < -0.3 is 9.73 Å². The Balaban J connectivity index is 1.72. The SMILES string of the molecule is Clc1cccc(CCNCc2ccco2)c1. The molecule has 2 aromatic rings. The molecule has 0 spiro atoms. The average Bonchev–Trinajstić information content (AvgIpc) is 2.77. The minimum absolute atomic E-state index is 0.771. The first-order valence-electron chi connectivity index (χ1n) is 5.32. The number of rotatable bonds is 5. The molecule has 0 fully saturated rings. The second-order valence-electron chi connectivity index (χ2n) is 3.64. The first-order chi connectivity index (χ1) is 7.84. The predicted molar refractivity (Wildman–Crippen MR) is 65.6 cm³/mol. The van der Waals surface area contributed by atoms with Crippen LogP contribution in [0.3, 0.4) is 0 Å². The number of hydrogen-bond donors (Lipinski definition) is 1. The second-order valence-corrected chi connectivity index (χ2v) is 4.07. The van der Waals surface area contributed by atoms with Gasteiger partial charge in [0.15, 0.2) is 0 Å². The van der Waals surface area contributed by atoms with E-state index in [0.29, 0.717) is 0 Å². The monoisotopic (exact) mass is 235 g/mol. The zero-order valence-electron chi connectivity index (χ0n) is 8.95. The van der Waals surface area contributed by atoms with E-state index >= 15 is 0 Å². The van der Waals surface area contributed by atoms with Crippen LogP contribution in [0.5, 0.6) is 0 Å². The summed E-state index contributed by atoms with van der Waals surface area (Å²) in [6, 6.07) is 11.8. The van der Waals surface area contributed by atoms with Gasteiger partial charge in [-0.05, 0) is 42.8 Å². The fraction of sp³-hybridized carbons (Fsp3) is 0.231. The van der Waals surface area contributed by atoms with E-state index in [9.17, 15) is 0 Å². The Labute approximate surface area is 100 Å². The van der Waals surface area contributed by atoms with Gasteiger partial charge in [0.2, 0.25) is 0 Å². The van der Waals surface area contributed by atoms with Gasteiger partial charge in [-0.3, -0.25) is 0 Å². The van der Waals surface area contributed by atoms with Crippen LogP contribution in [0, 0.1) is 0 Å². The van der Waals surface area contributed by atoms with Crippen LogP contribution in [0.4, 0.5) is 0 Å². The molecule has 1 aromatic carbocycles. The van der Waals surface area contributed by atoms with Gasteiger partial charge in [-0.1, -0.05) is 23.7 Å². The molecule has 0 amide bonds. The number of benzene rings is 1. The van der Waals surface area contributed by atoms with E-state index in [0.717, 1.165) is 30.3 Å². The van der Waals surface area contributed by atoms with E-state index in [-0.39, 0.29) is 0 Å². The maximum Gasteiger partial charge on any atom is 0.117 e. The van der Waals surface area contributed by atoms with Crippen molar-refractivity contribution >= 4 is 11.6 Å². The highest BCUT2D eigenvalue weighted by atomic mass is 35.5. The molecule has 0 atom stereocenters. The summed E-state index contributed by atoms with van der Waals surface area (Å²) in [4.78, 5) is 0. The van der Waals surface area contributed by atoms with Crippen LogP contribution in [0.15, 0.2) is 47.1 Å². The number of furan rings is 1. The first-order valence-corrected chi connectivity index (χ1v) is 5.70. The van der Waals surface area contributed by atoms with E-state index in [2.05, 4.69) is 11.4 Å². The lowest BCUT2D eigenvalue weighted by atomic mass is 10.1. The molecule has 16 heavy (non-hydrogen) atoms. The minimum atomic E-state index is 0.771. The molecule has 1 N–H and O–H groups in total. The number of nitrogens with one attached hydrogen (secondary N) is 1. The average molecular weight is 236 g/mol. The Morgan fingerprint density at radius 3 is 2.88 bits per heavy atom. The lowest BCUT2D eigenvalue weighted by Crippen LogP contribution is -2.16. The van der Waals surface area contributed by atoms with Crippen molar-refractivity contribution < 1.29 is 4.42 Å². The highest BCUT2D eigenvalue weighted by Crippen LogP contribution is 2.10. The van der Waals surface area contributed by atoms with Crippen LogP contribution >= 0.6 is 11.6 Å². The molecule has 0 aliphatic heterocycles. The Bertz CT molecular complexity index is 425. The van der Waals surface area contributed by atoms with Crippen molar-refractivity contribution in [2.75, 3.05) is 6.54 Å². The van der Waals surface area contributed by atoms with Crippen molar-refractivity contribution in [3.63, 3.8) is 0 Å². The third-order valence-electron chi connectivity index (χ3n) is 2.36. The Morgan fingerprint density at radius 1 is 1.19 bits per heavy atom. The van der Waals surface area contributed by atoms with Crippen molar-refractivity contribution in [3.05, 3.63) is 59.0 Å². The van der Waals surface area contributed by atoms with Gasteiger partial charge in [-0.15, -0.1) is 0 Å². The van der Waals surface area contributed by atoms with Crippen molar-refractivity contribution in [2.24, 2.45) is 0 Å². The van der Waals surface area contributed by atoms with E-state index in [4.69, 9.17) is 16.0 Å². The number of hydrogen-bond acceptors (Lipinski definition) is 2. The molecule has 0 radical (unpaired) electrons. The second kappa shape index (κ2) is 5.73. The van der Waals surface area contributed by atoms with Crippen molar-refractivity contribution in [2.45, 2.75) is 13.0 Å². The quantitative estimate of drug-likeness (QED) is 0.805.